The van der Waals surface area contributed by atoms with E-state index in [0.717, 1.165) is 49.8 Å². The first-order valence-corrected chi connectivity index (χ1v) is 8.50. The Morgan fingerprint density at radius 2 is 1.86 bits per heavy atom. The molecule has 2 rings (SSSR count). The normalized spacial score (nSPS) is 20.9. The molecule has 1 aliphatic heterocycles. The third-order valence-corrected chi connectivity index (χ3v) is 4.61. The molecule has 6 heteroatoms. The van der Waals surface area contributed by atoms with Crippen molar-refractivity contribution in [1.29, 1.82) is 0 Å². The number of hydrogen-bond acceptors (Lipinski definition) is 3. The lowest BCUT2D eigenvalue weighted by molar-refractivity contribution is -0.135. The number of urea groups is 1. The van der Waals surface area contributed by atoms with Crippen molar-refractivity contribution >= 4 is 17.8 Å². The molecule has 0 atom stereocenters. The Kier molecular flexibility index (Phi) is 5.80. The minimum atomic E-state index is -0.754. The molecule has 22 heavy (non-hydrogen) atoms. The van der Waals surface area contributed by atoms with Gasteiger partial charge >= 0.3 is 6.03 Å². The second kappa shape index (κ2) is 7.61. The minimum Gasteiger partial charge on any atom is -0.355 e. The van der Waals surface area contributed by atoms with E-state index in [1.807, 2.05) is 0 Å². The van der Waals surface area contributed by atoms with Crippen LogP contribution < -0.4 is 10.6 Å². The van der Waals surface area contributed by atoms with Crippen LogP contribution in [0, 0.1) is 0 Å². The van der Waals surface area contributed by atoms with Crippen LogP contribution in [0.25, 0.3) is 0 Å². The van der Waals surface area contributed by atoms with Gasteiger partial charge in [-0.25, -0.2) is 4.79 Å². The summed E-state index contributed by atoms with van der Waals surface area (Å²) in [5, 5.41) is 5.62. The molecule has 0 radical (unpaired) electrons. The third kappa shape index (κ3) is 3.78. The molecule has 2 aliphatic rings. The summed E-state index contributed by atoms with van der Waals surface area (Å²) in [6, 6.07) is -0.421. The number of unbranched alkanes of at least 4 members (excludes halogenated alkanes) is 2. The first-order valence-electron chi connectivity index (χ1n) is 8.50. The van der Waals surface area contributed by atoms with E-state index in [9.17, 15) is 14.4 Å². The molecule has 2 N–H and O–H groups in total. The highest BCUT2D eigenvalue weighted by molar-refractivity contribution is 6.09. The summed E-state index contributed by atoms with van der Waals surface area (Å²) in [7, 11) is 0. The van der Waals surface area contributed by atoms with Gasteiger partial charge in [0.1, 0.15) is 12.1 Å². The molecule has 1 saturated carbocycles. The molecule has 124 valence electrons. The fourth-order valence-corrected chi connectivity index (χ4v) is 3.29. The van der Waals surface area contributed by atoms with E-state index in [2.05, 4.69) is 17.6 Å². The standard InChI is InChI=1S/C16H27N3O3/c1-2-3-8-11-17-13(20)12-19-14(21)16(18-15(19)22)9-6-4-5-7-10-16/h2-12H2,1H3,(H,17,20)(H,18,22). The van der Waals surface area contributed by atoms with Crippen molar-refractivity contribution in [2.45, 2.75) is 70.3 Å². The minimum absolute atomic E-state index is 0.168. The van der Waals surface area contributed by atoms with Crippen LogP contribution in [0.4, 0.5) is 4.79 Å². The van der Waals surface area contributed by atoms with Gasteiger partial charge in [-0.15, -0.1) is 0 Å². The smallest absolute Gasteiger partial charge is 0.325 e. The average Bonchev–Trinajstić information content (AvgIpc) is 2.68. The van der Waals surface area contributed by atoms with Crippen molar-refractivity contribution in [2.75, 3.05) is 13.1 Å². The summed E-state index contributed by atoms with van der Waals surface area (Å²) in [6.45, 7) is 2.53. The number of amides is 4. The maximum absolute atomic E-state index is 12.6. The molecule has 1 spiro atoms. The third-order valence-electron chi connectivity index (χ3n) is 4.61. The van der Waals surface area contributed by atoms with Gasteiger partial charge in [0.25, 0.3) is 5.91 Å². The predicted molar refractivity (Wildman–Crippen MR) is 83.2 cm³/mol. The molecule has 1 saturated heterocycles. The van der Waals surface area contributed by atoms with Crippen molar-refractivity contribution in [2.24, 2.45) is 0 Å². The van der Waals surface area contributed by atoms with Crippen molar-refractivity contribution in [3.8, 4) is 0 Å². The molecule has 1 heterocycles. The molecule has 4 amide bonds. The summed E-state index contributed by atoms with van der Waals surface area (Å²) < 4.78 is 0. The molecular weight excluding hydrogens is 282 g/mol. The van der Waals surface area contributed by atoms with Crippen LogP contribution in [-0.2, 0) is 9.59 Å². The summed E-state index contributed by atoms with van der Waals surface area (Å²) >= 11 is 0. The Morgan fingerprint density at radius 3 is 2.50 bits per heavy atom. The Labute approximate surface area is 132 Å². The van der Waals surface area contributed by atoms with E-state index < -0.39 is 11.6 Å². The van der Waals surface area contributed by atoms with Gasteiger partial charge in [-0.2, -0.15) is 0 Å². The number of carbonyl (C=O) groups is 3. The van der Waals surface area contributed by atoms with E-state index in [4.69, 9.17) is 0 Å². The van der Waals surface area contributed by atoms with Gasteiger partial charge in [0.05, 0.1) is 0 Å². The van der Waals surface area contributed by atoms with Gasteiger partial charge in [-0.05, 0) is 19.3 Å². The lowest BCUT2D eigenvalue weighted by atomic mass is 9.90. The summed E-state index contributed by atoms with van der Waals surface area (Å²) in [6.07, 6.45) is 8.54. The molecule has 1 aliphatic carbocycles. The molecule has 0 unspecified atom stereocenters. The van der Waals surface area contributed by atoms with Gasteiger partial charge in [-0.1, -0.05) is 45.4 Å². The van der Waals surface area contributed by atoms with E-state index in [1.165, 1.54) is 0 Å². The van der Waals surface area contributed by atoms with Crippen LogP contribution >= 0.6 is 0 Å². The maximum Gasteiger partial charge on any atom is 0.325 e. The Bertz CT molecular complexity index is 428. The van der Waals surface area contributed by atoms with E-state index in [0.29, 0.717) is 19.4 Å². The van der Waals surface area contributed by atoms with Gasteiger partial charge in [-0.3, -0.25) is 14.5 Å². The fraction of sp³-hybridized carbons (Fsp3) is 0.812. The lowest BCUT2D eigenvalue weighted by Crippen LogP contribution is -2.47. The van der Waals surface area contributed by atoms with E-state index >= 15 is 0 Å². The number of rotatable bonds is 6. The molecule has 0 aromatic carbocycles. The van der Waals surface area contributed by atoms with Crippen molar-refractivity contribution in [3.63, 3.8) is 0 Å². The SMILES string of the molecule is CCCCCNC(=O)CN1C(=O)NC2(CCCCCC2)C1=O. The molecule has 0 bridgehead atoms. The first kappa shape index (κ1) is 16.8. The quantitative estimate of drug-likeness (QED) is 0.581. The highest BCUT2D eigenvalue weighted by atomic mass is 16.2. The monoisotopic (exact) mass is 309 g/mol. The zero-order chi connectivity index (χ0) is 16.0. The highest BCUT2D eigenvalue weighted by Gasteiger charge is 2.50. The summed E-state index contributed by atoms with van der Waals surface area (Å²) in [4.78, 5) is 37.7. The number of nitrogens with one attached hydrogen (secondary N) is 2. The van der Waals surface area contributed by atoms with Gasteiger partial charge in [0.15, 0.2) is 0 Å². The van der Waals surface area contributed by atoms with Crippen LogP contribution in [0.3, 0.4) is 0 Å². The summed E-state index contributed by atoms with van der Waals surface area (Å²) in [5.41, 5.74) is -0.754. The number of nitrogens with zero attached hydrogens (tertiary/aromatic N) is 1. The Morgan fingerprint density at radius 1 is 1.18 bits per heavy atom. The largest absolute Gasteiger partial charge is 0.355 e. The topological polar surface area (TPSA) is 78.5 Å². The molecule has 0 aromatic heterocycles. The lowest BCUT2D eigenvalue weighted by Gasteiger charge is -2.24. The number of imide groups is 1. The predicted octanol–water partition coefficient (Wildman–Crippen LogP) is 1.94. The summed E-state index contributed by atoms with van der Waals surface area (Å²) in [5.74, 6) is -0.478. The Hall–Kier alpha value is -1.59. The van der Waals surface area contributed by atoms with Gasteiger partial charge in [0, 0.05) is 6.54 Å². The average molecular weight is 309 g/mol. The molecule has 0 aromatic rings. The van der Waals surface area contributed by atoms with Crippen LogP contribution in [0.1, 0.15) is 64.7 Å². The number of carbonyl (C=O) groups excluding carboxylic acids is 3. The molecule has 6 nitrogen and oxygen atoms in total. The zero-order valence-corrected chi connectivity index (χ0v) is 13.5. The molecular formula is C16H27N3O3. The van der Waals surface area contributed by atoms with E-state index in [-0.39, 0.29) is 18.4 Å². The highest BCUT2D eigenvalue weighted by Crippen LogP contribution is 2.32. The first-order chi connectivity index (χ1) is 10.6. The number of hydrogen-bond donors (Lipinski definition) is 2. The van der Waals surface area contributed by atoms with Crippen molar-refractivity contribution in [1.82, 2.24) is 15.5 Å². The molecule has 2 fully saturated rings. The van der Waals surface area contributed by atoms with Gasteiger partial charge in [0.2, 0.25) is 5.91 Å². The van der Waals surface area contributed by atoms with Gasteiger partial charge < -0.3 is 10.6 Å². The van der Waals surface area contributed by atoms with Crippen LogP contribution in [0.15, 0.2) is 0 Å². The van der Waals surface area contributed by atoms with Crippen LogP contribution in [0.2, 0.25) is 0 Å². The van der Waals surface area contributed by atoms with Crippen LogP contribution in [0.5, 0.6) is 0 Å². The maximum atomic E-state index is 12.6. The Balaban J connectivity index is 1.90. The fourth-order valence-electron chi connectivity index (χ4n) is 3.29. The van der Waals surface area contributed by atoms with Crippen molar-refractivity contribution in [3.05, 3.63) is 0 Å². The second-order valence-electron chi connectivity index (χ2n) is 6.37. The van der Waals surface area contributed by atoms with Crippen molar-refractivity contribution < 1.29 is 14.4 Å². The second-order valence-corrected chi connectivity index (χ2v) is 6.37. The van der Waals surface area contributed by atoms with Crippen LogP contribution in [-0.4, -0.2) is 41.4 Å². The zero-order valence-electron chi connectivity index (χ0n) is 13.5. The van der Waals surface area contributed by atoms with E-state index in [1.54, 1.807) is 0 Å².